The molecule has 0 heterocycles. The van der Waals surface area contributed by atoms with Gasteiger partial charge in [0.25, 0.3) is 0 Å². The number of rotatable bonds is 5. The number of carbonyl (C=O) groups is 2. The van der Waals surface area contributed by atoms with Crippen LogP contribution in [0.1, 0.15) is 45.7 Å². The van der Waals surface area contributed by atoms with Gasteiger partial charge in [-0.1, -0.05) is 28.1 Å². The molecule has 0 unspecified atom stereocenters. The molecule has 5 nitrogen and oxygen atoms in total. The van der Waals surface area contributed by atoms with Gasteiger partial charge in [0.1, 0.15) is 5.60 Å². The van der Waals surface area contributed by atoms with E-state index in [1.54, 1.807) is 20.8 Å². The van der Waals surface area contributed by atoms with Gasteiger partial charge >= 0.3 is 6.09 Å². The minimum Gasteiger partial charge on any atom is -0.444 e. The Morgan fingerprint density at radius 3 is 2.36 bits per heavy atom. The second kappa shape index (κ2) is 8.17. The highest BCUT2D eigenvalue weighted by Crippen LogP contribution is 2.16. The molecular weight excluding hydrogens is 348 g/mol. The van der Waals surface area contributed by atoms with Crippen molar-refractivity contribution in [3.63, 3.8) is 0 Å². The largest absolute Gasteiger partial charge is 0.444 e. The third kappa shape index (κ3) is 7.45. The van der Waals surface area contributed by atoms with E-state index in [4.69, 9.17) is 4.74 Å². The molecule has 1 aromatic carbocycles. The van der Waals surface area contributed by atoms with Gasteiger partial charge < -0.3 is 15.4 Å². The molecule has 122 valence electrons. The van der Waals surface area contributed by atoms with Crippen LogP contribution in [0.5, 0.6) is 0 Å². The maximum absolute atomic E-state index is 11.8. The molecule has 0 aliphatic heterocycles. The van der Waals surface area contributed by atoms with Crippen molar-refractivity contribution in [1.82, 2.24) is 10.6 Å². The summed E-state index contributed by atoms with van der Waals surface area (Å²) >= 11 is 3.37. The molecule has 0 aromatic heterocycles. The SMILES string of the molecule is C[C@H](NC(=O)CCNC(=O)OC(C)(C)C)c1ccc(Br)cc1. The molecular formula is C16H23BrN2O3. The van der Waals surface area contributed by atoms with E-state index < -0.39 is 11.7 Å². The molecule has 1 atom stereocenters. The molecule has 0 saturated heterocycles. The van der Waals surface area contributed by atoms with E-state index in [-0.39, 0.29) is 24.9 Å². The van der Waals surface area contributed by atoms with Gasteiger partial charge in [-0.2, -0.15) is 0 Å². The quantitative estimate of drug-likeness (QED) is 0.832. The fourth-order valence-corrected chi connectivity index (χ4v) is 2.01. The first-order valence-corrected chi connectivity index (χ1v) is 7.98. The van der Waals surface area contributed by atoms with E-state index in [2.05, 4.69) is 26.6 Å². The van der Waals surface area contributed by atoms with Gasteiger partial charge in [-0.25, -0.2) is 4.79 Å². The van der Waals surface area contributed by atoms with E-state index in [9.17, 15) is 9.59 Å². The monoisotopic (exact) mass is 370 g/mol. The summed E-state index contributed by atoms with van der Waals surface area (Å²) in [6.07, 6.45) is -0.304. The molecule has 2 amide bonds. The Hall–Kier alpha value is -1.56. The lowest BCUT2D eigenvalue weighted by atomic mass is 10.1. The van der Waals surface area contributed by atoms with Gasteiger partial charge in [-0.3, -0.25) is 4.79 Å². The number of hydrogen-bond acceptors (Lipinski definition) is 3. The van der Waals surface area contributed by atoms with Crippen LogP contribution in [0.3, 0.4) is 0 Å². The number of amides is 2. The van der Waals surface area contributed by atoms with Gasteiger partial charge in [0, 0.05) is 17.4 Å². The first-order chi connectivity index (χ1) is 10.2. The first kappa shape index (κ1) is 18.5. The average molecular weight is 371 g/mol. The smallest absolute Gasteiger partial charge is 0.407 e. The van der Waals surface area contributed by atoms with Crippen molar-refractivity contribution < 1.29 is 14.3 Å². The summed E-state index contributed by atoms with van der Waals surface area (Å²) in [5.74, 6) is -0.119. The zero-order chi connectivity index (χ0) is 16.8. The normalized spacial score (nSPS) is 12.4. The van der Waals surface area contributed by atoms with Crippen LogP contribution in [0, 0.1) is 0 Å². The molecule has 22 heavy (non-hydrogen) atoms. The van der Waals surface area contributed by atoms with Crippen LogP contribution in [0.4, 0.5) is 4.79 Å². The summed E-state index contributed by atoms with van der Waals surface area (Å²) in [5, 5.41) is 5.45. The molecule has 2 N–H and O–H groups in total. The number of ether oxygens (including phenoxy) is 1. The lowest BCUT2D eigenvalue weighted by Crippen LogP contribution is -2.35. The number of carbonyl (C=O) groups excluding carboxylic acids is 2. The summed E-state index contributed by atoms with van der Waals surface area (Å²) in [6, 6.07) is 7.69. The summed E-state index contributed by atoms with van der Waals surface area (Å²) in [6.45, 7) is 7.54. The summed E-state index contributed by atoms with van der Waals surface area (Å²) in [7, 11) is 0. The number of alkyl carbamates (subject to hydrolysis) is 1. The molecule has 1 rings (SSSR count). The van der Waals surface area contributed by atoms with E-state index in [1.165, 1.54) is 0 Å². The van der Waals surface area contributed by atoms with Crippen molar-refractivity contribution in [3.05, 3.63) is 34.3 Å². The molecule has 0 radical (unpaired) electrons. The predicted molar refractivity (Wildman–Crippen MR) is 89.6 cm³/mol. The van der Waals surface area contributed by atoms with Gasteiger partial charge in [0.05, 0.1) is 6.04 Å². The van der Waals surface area contributed by atoms with Crippen LogP contribution < -0.4 is 10.6 Å². The highest BCUT2D eigenvalue weighted by atomic mass is 79.9. The Labute approximate surface area is 139 Å². The Bertz CT molecular complexity index is 509. The number of halogens is 1. The molecule has 0 aliphatic rings. The second-order valence-corrected chi connectivity index (χ2v) is 6.94. The summed E-state index contributed by atoms with van der Waals surface area (Å²) in [5.41, 5.74) is 0.485. The number of nitrogens with one attached hydrogen (secondary N) is 2. The maximum Gasteiger partial charge on any atom is 0.407 e. The molecule has 0 saturated carbocycles. The molecule has 0 aliphatic carbocycles. The van der Waals surface area contributed by atoms with Crippen LogP contribution >= 0.6 is 15.9 Å². The first-order valence-electron chi connectivity index (χ1n) is 7.19. The number of benzene rings is 1. The van der Waals surface area contributed by atoms with Crippen molar-refractivity contribution in [2.75, 3.05) is 6.54 Å². The van der Waals surface area contributed by atoms with E-state index in [0.29, 0.717) is 0 Å². The molecule has 0 fully saturated rings. The van der Waals surface area contributed by atoms with Gasteiger partial charge in [0.2, 0.25) is 5.91 Å². The van der Waals surface area contributed by atoms with Gasteiger partial charge in [0.15, 0.2) is 0 Å². The highest BCUT2D eigenvalue weighted by molar-refractivity contribution is 9.10. The Morgan fingerprint density at radius 2 is 1.82 bits per heavy atom. The minimum atomic E-state index is -0.539. The minimum absolute atomic E-state index is 0.0814. The van der Waals surface area contributed by atoms with Crippen molar-refractivity contribution in [2.45, 2.75) is 45.8 Å². The zero-order valence-electron chi connectivity index (χ0n) is 13.4. The zero-order valence-corrected chi connectivity index (χ0v) is 15.0. The third-order valence-corrected chi connectivity index (χ3v) is 3.30. The Balaban J connectivity index is 2.31. The predicted octanol–water partition coefficient (Wildman–Crippen LogP) is 3.54. The summed E-state index contributed by atoms with van der Waals surface area (Å²) < 4.78 is 6.09. The van der Waals surface area contributed by atoms with Crippen LogP contribution in [0.2, 0.25) is 0 Å². The second-order valence-electron chi connectivity index (χ2n) is 6.02. The fourth-order valence-electron chi connectivity index (χ4n) is 1.74. The fraction of sp³-hybridized carbons (Fsp3) is 0.500. The number of hydrogen-bond donors (Lipinski definition) is 2. The van der Waals surface area contributed by atoms with E-state index in [0.717, 1.165) is 10.0 Å². The topological polar surface area (TPSA) is 67.4 Å². The van der Waals surface area contributed by atoms with Crippen molar-refractivity contribution in [3.8, 4) is 0 Å². The Kier molecular flexibility index (Phi) is 6.87. The summed E-state index contributed by atoms with van der Waals surface area (Å²) in [4.78, 5) is 23.3. The van der Waals surface area contributed by atoms with Crippen LogP contribution in [-0.4, -0.2) is 24.1 Å². The molecule has 6 heteroatoms. The average Bonchev–Trinajstić information content (AvgIpc) is 2.37. The van der Waals surface area contributed by atoms with Gasteiger partial charge in [-0.15, -0.1) is 0 Å². The maximum atomic E-state index is 11.8. The highest BCUT2D eigenvalue weighted by Gasteiger charge is 2.16. The van der Waals surface area contributed by atoms with Crippen molar-refractivity contribution in [2.24, 2.45) is 0 Å². The van der Waals surface area contributed by atoms with Crippen molar-refractivity contribution >= 4 is 27.9 Å². The van der Waals surface area contributed by atoms with Crippen LogP contribution in [-0.2, 0) is 9.53 Å². The van der Waals surface area contributed by atoms with E-state index in [1.807, 2.05) is 31.2 Å². The Morgan fingerprint density at radius 1 is 1.23 bits per heavy atom. The third-order valence-electron chi connectivity index (χ3n) is 2.77. The lowest BCUT2D eigenvalue weighted by molar-refractivity contribution is -0.121. The van der Waals surface area contributed by atoms with E-state index >= 15 is 0 Å². The molecule has 1 aromatic rings. The molecule has 0 spiro atoms. The standard InChI is InChI=1S/C16H23BrN2O3/c1-11(12-5-7-13(17)8-6-12)19-14(20)9-10-18-15(21)22-16(2,3)4/h5-8,11H,9-10H2,1-4H3,(H,18,21)(H,19,20)/t11-/m0/s1. The van der Waals surface area contributed by atoms with Gasteiger partial charge in [-0.05, 0) is 45.4 Å². The van der Waals surface area contributed by atoms with Crippen LogP contribution in [0.25, 0.3) is 0 Å². The molecule has 0 bridgehead atoms. The lowest BCUT2D eigenvalue weighted by Gasteiger charge is -2.19. The van der Waals surface area contributed by atoms with Crippen molar-refractivity contribution in [1.29, 1.82) is 0 Å². The van der Waals surface area contributed by atoms with Crippen LogP contribution in [0.15, 0.2) is 28.7 Å².